The van der Waals surface area contributed by atoms with E-state index in [0.717, 1.165) is 31.1 Å². The number of benzene rings is 1. The van der Waals surface area contributed by atoms with Gasteiger partial charge in [-0.05, 0) is 37.1 Å². The fourth-order valence-electron chi connectivity index (χ4n) is 2.18. The van der Waals surface area contributed by atoms with Gasteiger partial charge in [0.1, 0.15) is 12.7 Å². The molecule has 2 unspecified atom stereocenters. The molecule has 0 aromatic heterocycles. The molecule has 0 radical (unpaired) electrons. The van der Waals surface area contributed by atoms with Crippen LogP contribution in [0.5, 0.6) is 11.5 Å². The molecule has 0 aliphatic carbocycles. The molecule has 0 amide bonds. The summed E-state index contributed by atoms with van der Waals surface area (Å²) >= 11 is 0. The van der Waals surface area contributed by atoms with Crippen molar-refractivity contribution in [3.8, 4) is 11.5 Å². The molecule has 0 saturated carbocycles. The summed E-state index contributed by atoms with van der Waals surface area (Å²) < 4.78 is 11.6. The van der Waals surface area contributed by atoms with Gasteiger partial charge in [-0.15, -0.1) is 0 Å². The lowest BCUT2D eigenvalue weighted by atomic mass is 9.96. The van der Waals surface area contributed by atoms with E-state index in [4.69, 9.17) is 15.2 Å². The van der Waals surface area contributed by atoms with Gasteiger partial charge in [-0.25, -0.2) is 0 Å². The van der Waals surface area contributed by atoms with E-state index in [9.17, 15) is 0 Å². The van der Waals surface area contributed by atoms with Crippen LogP contribution in [0.4, 0.5) is 0 Å². The van der Waals surface area contributed by atoms with Crippen molar-refractivity contribution in [2.45, 2.75) is 20.0 Å². The summed E-state index contributed by atoms with van der Waals surface area (Å²) in [6.07, 6.45) is 0.0699. The molecule has 1 aromatic rings. The Hall–Kier alpha value is -1.26. The van der Waals surface area contributed by atoms with Gasteiger partial charge < -0.3 is 20.5 Å². The maximum absolute atomic E-state index is 5.89. The van der Waals surface area contributed by atoms with Gasteiger partial charge in [0.05, 0.1) is 0 Å². The minimum absolute atomic E-state index is 0.0699. The topological polar surface area (TPSA) is 56.5 Å². The third kappa shape index (κ3) is 3.85. The zero-order chi connectivity index (χ0) is 13.7. The Morgan fingerprint density at radius 2 is 2.05 bits per heavy atom. The molecule has 3 N–H and O–H groups in total. The molecular formula is C15H24N2O2. The van der Waals surface area contributed by atoms with Crippen molar-refractivity contribution in [2.24, 2.45) is 17.6 Å². The van der Waals surface area contributed by atoms with Gasteiger partial charge in [0.2, 0.25) is 0 Å². The number of hydrogen-bond acceptors (Lipinski definition) is 4. The number of ether oxygens (including phenoxy) is 2. The van der Waals surface area contributed by atoms with Crippen molar-refractivity contribution >= 4 is 0 Å². The second kappa shape index (κ2) is 6.78. The van der Waals surface area contributed by atoms with E-state index in [1.165, 1.54) is 0 Å². The first kappa shape index (κ1) is 14.2. The highest BCUT2D eigenvalue weighted by molar-refractivity contribution is 5.40. The summed E-state index contributed by atoms with van der Waals surface area (Å²) in [4.78, 5) is 0. The maximum atomic E-state index is 5.89. The average Bonchev–Trinajstić information content (AvgIpc) is 2.43. The number of nitrogens with two attached hydrogens (primary N) is 1. The van der Waals surface area contributed by atoms with Crippen molar-refractivity contribution in [1.82, 2.24) is 5.32 Å². The second-order valence-corrected chi connectivity index (χ2v) is 5.40. The Balaban J connectivity index is 1.77. The standard InChI is InChI=1S/C15H24N2O2/c1-11(2)12(7-16)8-17-9-13-10-18-14-5-3-4-6-15(14)19-13/h3-6,11-13,17H,7-10,16H2,1-2H3. The smallest absolute Gasteiger partial charge is 0.161 e. The first-order valence-electron chi connectivity index (χ1n) is 7.00. The first-order chi connectivity index (χ1) is 9.20. The van der Waals surface area contributed by atoms with Crippen LogP contribution in [0.15, 0.2) is 24.3 Å². The average molecular weight is 264 g/mol. The van der Waals surface area contributed by atoms with Crippen LogP contribution in [-0.4, -0.2) is 32.3 Å². The molecule has 106 valence electrons. The van der Waals surface area contributed by atoms with Crippen molar-refractivity contribution in [1.29, 1.82) is 0 Å². The summed E-state index contributed by atoms with van der Waals surface area (Å²) in [5.74, 6) is 2.78. The Bertz CT molecular complexity index is 395. The first-order valence-corrected chi connectivity index (χ1v) is 7.00. The number of fused-ring (bicyclic) bond motifs is 1. The van der Waals surface area contributed by atoms with Crippen LogP contribution in [0.1, 0.15) is 13.8 Å². The predicted octanol–water partition coefficient (Wildman–Crippen LogP) is 1.65. The van der Waals surface area contributed by atoms with Gasteiger partial charge in [0.25, 0.3) is 0 Å². The lowest BCUT2D eigenvalue weighted by molar-refractivity contribution is 0.0892. The Labute approximate surface area is 115 Å². The molecule has 2 rings (SSSR count). The summed E-state index contributed by atoms with van der Waals surface area (Å²) in [7, 11) is 0. The van der Waals surface area contributed by atoms with Crippen molar-refractivity contribution in [3.05, 3.63) is 24.3 Å². The quantitative estimate of drug-likeness (QED) is 0.820. The van der Waals surface area contributed by atoms with E-state index >= 15 is 0 Å². The van der Waals surface area contributed by atoms with Gasteiger partial charge in [-0.3, -0.25) is 0 Å². The number of nitrogens with one attached hydrogen (secondary N) is 1. The minimum Gasteiger partial charge on any atom is -0.486 e. The fraction of sp³-hybridized carbons (Fsp3) is 0.600. The Morgan fingerprint density at radius 1 is 1.32 bits per heavy atom. The minimum atomic E-state index is 0.0699. The third-order valence-corrected chi connectivity index (χ3v) is 3.59. The van der Waals surface area contributed by atoms with Gasteiger partial charge in [-0.2, -0.15) is 0 Å². The zero-order valence-corrected chi connectivity index (χ0v) is 11.8. The molecule has 1 heterocycles. The molecule has 0 bridgehead atoms. The molecule has 1 aliphatic rings. The lowest BCUT2D eigenvalue weighted by Crippen LogP contribution is -2.41. The molecule has 0 saturated heterocycles. The van der Waals surface area contributed by atoms with E-state index in [1.807, 2.05) is 24.3 Å². The summed E-state index contributed by atoms with van der Waals surface area (Å²) in [5, 5.41) is 3.43. The zero-order valence-electron chi connectivity index (χ0n) is 11.8. The molecule has 2 atom stereocenters. The van der Waals surface area contributed by atoms with Crippen LogP contribution in [-0.2, 0) is 0 Å². The fourth-order valence-corrected chi connectivity index (χ4v) is 2.18. The van der Waals surface area contributed by atoms with E-state index in [2.05, 4.69) is 19.2 Å². The van der Waals surface area contributed by atoms with Crippen molar-refractivity contribution in [2.75, 3.05) is 26.2 Å². The third-order valence-electron chi connectivity index (χ3n) is 3.59. The maximum Gasteiger partial charge on any atom is 0.161 e. The molecular weight excluding hydrogens is 240 g/mol. The highest BCUT2D eigenvalue weighted by atomic mass is 16.6. The van der Waals surface area contributed by atoms with Gasteiger partial charge >= 0.3 is 0 Å². The normalized spacial score (nSPS) is 19.5. The molecule has 4 nitrogen and oxygen atoms in total. The largest absolute Gasteiger partial charge is 0.486 e. The van der Waals surface area contributed by atoms with Crippen LogP contribution in [0, 0.1) is 11.8 Å². The van der Waals surface area contributed by atoms with E-state index in [0.29, 0.717) is 18.4 Å². The van der Waals surface area contributed by atoms with Crippen molar-refractivity contribution in [3.63, 3.8) is 0 Å². The Morgan fingerprint density at radius 3 is 2.74 bits per heavy atom. The predicted molar refractivity (Wildman–Crippen MR) is 76.6 cm³/mol. The van der Waals surface area contributed by atoms with Gasteiger partial charge in [0.15, 0.2) is 11.5 Å². The molecule has 4 heteroatoms. The highest BCUT2D eigenvalue weighted by Crippen LogP contribution is 2.30. The highest BCUT2D eigenvalue weighted by Gasteiger charge is 2.20. The van der Waals surface area contributed by atoms with Crippen LogP contribution < -0.4 is 20.5 Å². The summed E-state index contributed by atoms with van der Waals surface area (Å²) in [5.41, 5.74) is 5.76. The van der Waals surface area contributed by atoms with Gasteiger partial charge in [0, 0.05) is 6.54 Å². The van der Waals surface area contributed by atoms with Crippen molar-refractivity contribution < 1.29 is 9.47 Å². The van der Waals surface area contributed by atoms with Crippen LogP contribution in [0.25, 0.3) is 0 Å². The van der Waals surface area contributed by atoms with Crippen LogP contribution >= 0.6 is 0 Å². The van der Waals surface area contributed by atoms with Crippen LogP contribution in [0.3, 0.4) is 0 Å². The van der Waals surface area contributed by atoms with E-state index in [1.54, 1.807) is 0 Å². The molecule has 0 fully saturated rings. The SMILES string of the molecule is CC(C)C(CN)CNCC1COc2ccccc2O1. The molecule has 1 aliphatic heterocycles. The van der Waals surface area contributed by atoms with Crippen LogP contribution in [0.2, 0.25) is 0 Å². The summed E-state index contributed by atoms with van der Waals surface area (Å²) in [6.45, 7) is 7.44. The molecule has 0 spiro atoms. The van der Waals surface area contributed by atoms with Gasteiger partial charge in [-0.1, -0.05) is 26.0 Å². The number of hydrogen-bond donors (Lipinski definition) is 2. The number of rotatable bonds is 6. The van der Waals surface area contributed by atoms with E-state index in [-0.39, 0.29) is 6.10 Å². The lowest BCUT2D eigenvalue weighted by Gasteiger charge is -2.27. The molecule has 1 aromatic carbocycles. The molecule has 19 heavy (non-hydrogen) atoms. The van der Waals surface area contributed by atoms with E-state index < -0.39 is 0 Å². The monoisotopic (exact) mass is 264 g/mol. The summed E-state index contributed by atoms with van der Waals surface area (Å²) in [6, 6.07) is 7.79. The number of para-hydroxylation sites is 2. The second-order valence-electron chi connectivity index (χ2n) is 5.40. The Kier molecular flexibility index (Phi) is 5.05.